The van der Waals surface area contributed by atoms with Gasteiger partial charge < -0.3 is 33.5 Å². The lowest BCUT2D eigenvalue weighted by Crippen LogP contribution is -2.40. The molecule has 1 unspecified atom stereocenters. The number of rotatable bonds is 8. The van der Waals surface area contributed by atoms with Gasteiger partial charge in [0.2, 0.25) is 5.75 Å². The predicted molar refractivity (Wildman–Crippen MR) is 216 cm³/mol. The van der Waals surface area contributed by atoms with E-state index in [0.29, 0.717) is 53.2 Å². The Balaban J connectivity index is 1.29. The zero-order valence-electron chi connectivity index (χ0n) is 32.6. The SMILES string of the molecule is COc1ccc2cc1Oc1ccc(cc1)C[C@H]1c3cc(c(OC)cc3CCN1C)Oc1c(OCC(O)CN3CCSCC3)c(OC)cc3c1[C@H](C2)N(C)CC3. The molecule has 0 radical (unpaired) electrons. The van der Waals surface area contributed by atoms with Crippen LogP contribution in [-0.4, -0.2) is 112 Å². The highest BCUT2D eigenvalue weighted by Gasteiger charge is 2.35. The molecule has 1 fully saturated rings. The number of methoxy groups -OCH3 is 3. The fraction of sp³-hybridized carbons (Fsp3) is 0.455. The number of nitrogens with zero attached hydrogens (tertiary/aromatic N) is 3. The first-order valence-electron chi connectivity index (χ1n) is 19.4. The lowest BCUT2D eigenvalue weighted by molar-refractivity contribution is 0.0693. The van der Waals surface area contributed by atoms with Gasteiger partial charge in [0.05, 0.1) is 21.3 Å². The highest BCUT2D eigenvalue weighted by Crippen LogP contribution is 2.52. The summed E-state index contributed by atoms with van der Waals surface area (Å²) in [6.07, 6.45) is 2.53. The van der Waals surface area contributed by atoms with Crippen molar-refractivity contribution < 1.29 is 33.5 Å². The highest BCUT2D eigenvalue weighted by molar-refractivity contribution is 7.99. The largest absolute Gasteiger partial charge is 0.493 e. The summed E-state index contributed by atoms with van der Waals surface area (Å²) in [5, 5.41) is 11.3. The van der Waals surface area contributed by atoms with Crippen molar-refractivity contribution in [3.8, 4) is 46.0 Å². The van der Waals surface area contributed by atoms with E-state index in [1.807, 2.05) is 30.0 Å². The summed E-state index contributed by atoms with van der Waals surface area (Å²) in [6, 6.07) is 21.0. The summed E-state index contributed by atoms with van der Waals surface area (Å²) in [7, 11) is 9.40. The number of thioether (sulfide) groups is 1. The molecule has 4 aromatic carbocycles. The number of benzene rings is 4. The van der Waals surface area contributed by atoms with Crippen LogP contribution in [0, 0.1) is 0 Å². The van der Waals surface area contributed by atoms with Crippen molar-refractivity contribution in [2.45, 2.75) is 43.9 Å². The molecule has 3 atom stereocenters. The van der Waals surface area contributed by atoms with Crippen molar-refractivity contribution in [3.63, 3.8) is 0 Å². The third-order valence-electron chi connectivity index (χ3n) is 11.6. The molecule has 292 valence electrons. The molecule has 0 aromatic heterocycles. The quantitative estimate of drug-likeness (QED) is 0.203. The second-order valence-corrected chi connectivity index (χ2v) is 16.3. The third kappa shape index (κ3) is 7.95. The molecule has 9 rings (SSSR count). The van der Waals surface area contributed by atoms with Gasteiger partial charge in [-0.1, -0.05) is 18.2 Å². The number of aliphatic hydroxyl groups is 1. The first-order chi connectivity index (χ1) is 26.8. The van der Waals surface area contributed by atoms with Crippen LogP contribution in [-0.2, 0) is 25.7 Å². The van der Waals surface area contributed by atoms with E-state index < -0.39 is 6.10 Å². The molecule has 5 aliphatic heterocycles. The first-order valence-corrected chi connectivity index (χ1v) is 20.5. The summed E-state index contributed by atoms with van der Waals surface area (Å²) < 4.78 is 38.3. The standard InChI is InChI=1S/C44H53N3O7S/c1-45-14-12-30-23-38(50-4)40-25-34(30)35(45)20-28-6-9-33(10-7-28)53-39-22-29(8-11-37(39)49-3)21-36-42-31(13-15-46(36)2)24-41(51-5)43(44(42)54-40)52-27-32(48)26-47-16-18-55-19-17-47/h6-11,22-25,32,35-36,48H,12-21,26-27H2,1-5H3/t32?,35-,36-/m0/s1. The van der Waals surface area contributed by atoms with E-state index in [2.05, 4.69) is 71.3 Å². The van der Waals surface area contributed by atoms with Gasteiger partial charge in [0.15, 0.2) is 34.5 Å². The molecular weight excluding hydrogens is 715 g/mol. The number of likely N-dealkylation sites (N-methyl/N-ethyl adjacent to an activating group) is 2. The molecular formula is C44H53N3O7S. The van der Waals surface area contributed by atoms with Crippen LogP contribution in [0.1, 0.15) is 45.5 Å². The van der Waals surface area contributed by atoms with Gasteiger partial charge in [-0.2, -0.15) is 11.8 Å². The smallest absolute Gasteiger partial charge is 0.204 e. The van der Waals surface area contributed by atoms with Crippen LogP contribution in [0.3, 0.4) is 0 Å². The van der Waals surface area contributed by atoms with E-state index in [9.17, 15) is 5.11 Å². The maximum atomic E-state index is 11.3. The summed E-state index contributed by atoms with van der Waals surface area (Å²) in [5.41, 5.74) is 6.95. The van der Waals surface area contributed by atoms with Crippen molar-refractivity contribution >= 4 is 11.8 Å². The Morgan fingerprint density at radius 2 is 1.38 bits per heavy atom. The lowest BCUT2D eigenvalue weighted by atomic mass is 9.87. The van der Waals surface area contributed by atoms with Crippen LogP contribution in [0.4, 0.5) is 0 Å². The van der Waals surface area contributed by atoms with Crippen molar-refractivity contribution in [1.29, 1.82) is 0 Å². The Labute approximate surface area is 329 Å². The van der Waals surface area contributed by atoms with Gasteiger partial charge in [-0.15, -0.1) is 0 Å². The van der Waals surface area contributed by atoms with Gasteiger partial charge in [0, 0.05) is 61.9 Å². The summed E-state index contributed by atoms with van der Waals surface area (Å²) in [6.45, 7) is 4.37. The molecule has 1 N–H and O–H groups in total. The Kier molecular flexibility index (Phi) is 11.4. The second-order valence-electron chi connectivity index (χ2n) is 15.1. The van der Waals surface area contributed by atoms with Crippen molar-refractivity contribution in [3.05, 3.63) is 94.0 Å². The molecule has 0 saturated carbocycles. The van der Waals surface area contributed by atoms with Gasteiger partial charge in [-0.3, -0.25) is 14.7 Å². The Morgan fingerprint density at radius 3 is 2.13 bits per heavy atom. The molecule has 0 spiro atoms. The number of β-amino-alcohol motifs (C(OH)–C–C–N with tert-alkyl or cyclic N) is 1. The third-order valence-corrected chi connectivity index (χ3v) is 12.6. The van der Waals surface area contributed by atoms with Crippen LogP contribution in [0.25, 0.3) is 0 Å². The van der Waals surface area contributed by atoms with Gasteiger partial charge in [0.1, 0.15) is 18.5 Å². The molecule has 11 heteroatoms. The van der Waals surface area contributed by atoms with E-state index >= 15 is 0 Å². The highest BCUT2D eigenvalue weighted by atomic mass is 32.2. The van der Waals surface area contributed by atoms with E-state index in [4.69, 9.17) is 28.4 Å². The van der Waals surface area contributed by atoms with Crippen LogP contribution >= 0.6 is 11.8 Å². The van der Waals surface area contributed by atoms with Gasteiger partial charge in [-0.05, 0) is 110 Å². The van der Waals surface area contributed by atoms with Gasteiger partial charge >= 0.3 is 0 Å². The minimum atomic E-state index is -0.685. The Bertz CT molecular complexity index is 1990. The minimum Gasteiger partial charge on any atom is -0.493 e. The van der Waals surface area contributed by atoms with Gasteiger partial charge in [0.25, 0.3) is 0 Å². The van der Waals surface area contributed by atoms with Gasteiger partial charge in [-0.25, -0.2) is 0 Å². The first kappa shape index (κ1) is 37.8. The number of hydrogen-bond acceptors (Lipinski definition) is 11. The predicted octanol–water partition coefficient (Wildman–Crippen LogP) is 6.94. The molecule has 10 nitrogen and oxygen atoms in total. The number of hydrogen-bond donors (Lipinski definition) is 1. The maximum Gasteiger partial charge on any atom is 0.204 e. The minimum absolute atomic E-state index is 0.0790. The van der Waals surface area contributed by atoms with Crippen LogP contribution in [0.2, 0.25) is 0 Å². The maximum absolute atomic E-state index is 11.3. The van der Waals surface area contributed by atoms with Crippen molar-refractivity contribution in [1.82, 2.24) is 14.7 Å². The lowest BCUT2D eigenvalue weighted by Gasteiger charge is -2.37. The topological polar surface area (TPSA) is 85.3 Å². The normalized spacial score (nSPS) is 20.6. The Hall–Kier alpha value is -4.13. The van der Waals surface area contributed by atoms with E-state index in [-0.39, 0.29) is 18.7 Å². The Morgan fingerprint density at radius 1 is 0.727 bits per heavy atom. The molecule has 1 saturated heterocycles. The van der Waals surface area contributed by atoms with E-state index in [0.717, 1.165) is 79.4 Å². The van der Waals surface area contributed by atoms with Crippen LogP contribution in [0.15, 0.2) is 60.7 Å². The molecule has 0 amide bonds. The molecule has 4 aromatic rings. The monoisotopic (exact) mass is 767 g/mol. The van der Waals surface area contributed by atoms with E-state index in [1.165, 1.54) is 16.7 Å². The zero-order chi connectivity index (χ0) is 38.1. The molecule has 55 heavy (non-hydrogen) atoms. The molecule has 5 aliphatic rings. The number of aliphatic hydroxyl groups excluding tert-OH is 1. The molecule has 5 heterocycles. The summed E-state index contributed by atoms with van der Waals surface area (Å²) in [4.78, 5) is 7.11. The zero-order valence-corrected chi connectivity index (χ0v) is 33.5. The fourth-order valence-electron chi connectivity index (χ4n) is 8.53. The van der Waals surface area contributed by atoms with Crippen LogP contribution in [0.5, 0.6) is 46.0 Å². The number of fused-ring (bicyclic) bond motifs is 2. The molecule has 0 aliphatic carbocycles. The number of ether oxygens (including phenoxy) is 6. The van der Waals surface area contributed by atoms with Crippen LogP contribution < -0.4 is 28.4 Å². The average Bonchev–Trinajstić information content (AvgIpc) is 3.20. The summed E-state index contributed by atoms with van der Waals surface area (Å²) in [5.74, 6) is 7.20. The fourth-order valence-corrected chi connectivity index (χ4v) is 9.51. The molecule has 6 bridgehead atoms. The average molecular weight is 768 g/mol. The van der Waals surface area contributed by atoms with Crippen molar-refractivity contribution in [2.75, 3.05) is 86.3 Å². The second kappa shape index (κ2) is 16.5. The summed E-state index contributed by atoms with van der Waals surface area (Å²) >= 11 is 1.96. The van der Waals surface area contributed by atoms with E-state index in [1.54, 1.807) is 21.3 Å². The van der Waals surface area contributed by atoms with Crippen molar-refractivity contribution in [2.24, 2.45) is 0 Å².